The highest BCUT2D eigenvalue weighted by Gasteiger charge is 2.20. The predicted octanol–water partition coefficient (Wildman–Crippen LogP) is 2.94. The van der Waals surface area contributed by atoms with Gasteiger partial charge in [0.05, 0.1) is 6.54 Å². The van der Waals surface area contributed by atoms with Crippen molar-refractivity contribution in [3.8, 4) is 12.3 Å². The van der Waals surface area contributed by atoms with Crippen molar-refractivity contribution in [1.29, 1.82) is 0 Å². The minimum atomic E-state index is 0.378. The third-order valence-electron chi connectivity index (χ3n) is 2.90. The smallest absolute Gasteiger partial charge is 0.0578 e. The fourth-order valence-corrected chi connectivity index (χ4v) is 2.47. The molecule has 1 N–H and O–H groups in total. The fourth-order valence-electron chi connectivity index (χ4n) is 2.20. The van der Waals surface area contributed by atoms with Gasteiger partial charge in [0.15, 0.2) is 0 Å². The van der Waals surface area contributed by atoms with Gasteiger partial charge < -0.3 is 0 Å². The predicted molar refractivity (Wildman–Crippen MR) is 64.0 cm³/mol. The molecule has 1 aromatic carbocycles. The van der Waals surface area contributed by atoms with E-state index >= 15 is 0 Å². The molecule has 0 aromatic heterocycles. The summed E-state index contributed by atoms with van der Waals surface area (Å²) in [5.41, 5.74) is 2.61. The number of terminal acetylenes is 1. The highest BCUT2D eigenvalue weighted by atomic mass is 35.5. The molecule has 1 aliphatic rings. The molecule has 0 saturated heterocycles. The lowest BCUT2D eigenvalue weighted by molar-refractivity contribution is 0.483. The van der Waals surface area contributed by atoms with Crippen LogP contribution in [0, 0.1) is 12.3 Å². The second kappa shape index (κ2) is 4.70. The van der Waals surface area contributed by atoms with Crippen LogP contribution in [-0.2, 0) is 6.42 Å². The van der Waals surface area contributed by atoms with Crippen molar-refractivity contribution in [2.75, 3.05) is 6.54 Å². The lowest BCUT2D eigenvalue weighted by Gasteiger charge is -2.26. The van der Waals surface area contributed by atoms with Crippen LogP contribution < -0.4 is 5.32 Å². The van der Waals surface area contributed by atoms with Gasteiger partial charge in [0.1, 0.15) is 0 Å². The molecular weight excluding hydrogens is 206 g/mol. The first-order valence-corrected chi connectivity index (χ1v) is 5.65. The number of hydrogen-bond acceptors (Lipinski definition) is 1. The van der Waals surface area contributed by atoms with Crippen molar-refractivity contribution in [3.63, 3.8) is 0 Å². The first-order chi connectivity index (χ1) is 7.33. The Hall–Kier alpha value is -0.970. The molecule has 1 nitrogen and oxygen atoms in total. The number of hydrogen-bond donors (Lipinski definition) is 1. The number of rotatable bonds is 2. The van der Waals surface area contributed by atoms with Crippen molar-refractivity contribution < 1.29 is 0 Å². The average Bonchev–Trinajstić information content (AvgIpc) is 2.27. The Bertz CT molecular complexity index is 392. The molecule has 0 saturated carbocycles. The summed E-state index contributed by atoms with van der Waals surface area (Å²) < 4.78 is 0. The summed E-state index contributed by atoms with van der Waals surface area (Å²) >= 11 is 6.17. The Labute approximate surface area is 95.8 Å². The third-order valence-corrected chi connectivity index (χ3v) is 3.25. The van der Waals surface area contributed by atoms with Gasteiger partial charge in [-0.05, 0) is 36.5 Å². The van der Waals surface area contributed by atoms with Crippen LogP contribution in [0.1, 0.15) is 30.0 Å². The second-order valence-electron chi connectivity index (χ2n) is 3.84. The Kier molecular flexibility index (Phi) is 3.30. The monoisotopic (exact) mass is 219 g/mol. The van der Waals surface area contributed by atoms with Gasteiger partial charge in [-0.2, -0.15) is 0 Å². The van der Waals surface area contributed by atoms with Gasteiger partial charge in [0, 0.05) is 11.1 Å². The minimum absolute atomic E-state index is 0.378. The van der Waals surface area contributed by atoms with E-state index in [-0.39, 0.29) is 0 Å². The standard InChI is InChI=1S/C13H14ClN/c1-2-9-15-13-8-4-5-10-11(13)6-3-7-12(10)14/h1,3,6-7,13,15H,4-5,8-9H2. The molecule has 0 amide bonds. The Morgan fingerprint density at radius 3 is 3.20 bits per heavy atom. The maximum Gasteiger partial charge on any atom is 0.0578 e. The van der Waals surface area contributed by atoms with E-state index in [1.807, 2.05) is 12.1 Å². The summed E-state index contributed by atoms with van der Waals surface area (Å²) in [5.74, 6) is 2.62. The zero-order chi connectivity index (χ0) is 10.7. The molecule has 0 spiro atoms. The summed E-state index contributed by atoms with van der Waals surface area (Å²) in [6.07, 6.45) is 8.67. The summed E-state index contributed by atoms with van der Waals surface area (Å²) in [6, 6.07) is 6.50. The summed E-state index contributed by atoms with van der Waals surface area (Å²) in [5, 5.41) is 4.25. The van der Waals surface area contributed by atoms with Crippen LogP contribution in [0.4, 0.5) is 0 Å². The van der Waals surface area contributed by atoms with E-state index in [1.165, 1.54) is 17.5 Å². The first kappa shape index (κ1) is 10.5. The Morgan fingerprint density at radius 2 is 2.40 bits per heavy atom. The zero-order valence-electron chi connectivity index (χ0n) is 8.59. The number of nitrogens with one attached hydrogen (secondary N) is 1. The van der Waals surface area contributed by atoms with Gasteiger partial charge in [-0.1, -0.05) is 29.7 Å². The van der Waals surface area contributed by atoms with Crippen LogP contribution in [0.2, 0.25) is 5.02 Å². The van der Waals surface area contributed by atoms with Crippen molar-refractivity contribution in [2.45, 2.75) is 25.3 Å². The number of benzene rings is 1. The molecule has 1 aromatic rings. The largest absolute Gasteiger partial charge is 0.299 e. The highest BCUT2D eigenvalue weighted by molar-refractivity contribution is 6.31. The van der Waals surface area contributed by atoms with Gasteiger partial charge in [-0.25, -0.2) is 0 Å². The van der Waals surface area contributed by atoms with Gasteiger partial charge in [0.25, 0.3) is 0 Å². The quantitative estimate of drug-likeness (QED) is 0.755. The van der Waals surface area contributed by atoms with E-state index in [4.69, 9.17) is 18.0 Å². The second-order valence-corrected chi connectivity index (χ2v) is 4.24. The van der Waals surface area contributed by atoms with Gasteiger partial charge in [0.2, 0.25) is 0 Å². The van der Waals surface area contributed by atoms with Gasteiger partial charge in [-0.3, -0.25) is 5.32 Å². The van der Waals surface area contributed by atoms with Gasteiger partial charge in [-0.15, -0.1) is 6.42 Å². The van der Waals surface area contributed by atoms with Crippen molar-refractivity contribution in [1.82, 2.24) is 5.32 Å². The van der Waals surface area contributed by atoms with Crippen molar-refractivity contribution in [2.24, 2.45) is 0 Å². The highest BCUT2D eigenvalue weighted by Crippen LogP contribution is 2.33. The van der Waals surface area contributed by atoms with E-state index in [0.29, 0.717) is 12.6 Å². The minimum Gasteiger partial charge on any atom is -0.299 e. The van der Waals surface area contributed by atoms with E-state index in [2.05, 4.69) is 17.3 Å². The van der Waals surface area contributed by atoms with Crippen molar-refractivity contribution >= 4 is 11.6 Å². The lowest BCUT2D eigenvalue weighted by atomic mass is 9.87. The maximum atomic E-state index is 6.17. The van der Waals surface area contributed by atoms with Crippen LogP contribution >= 0.6 is 11.6 Å². The Balaban J connectivity index is 2.27. The molecule has 0 aliphatic heterocycles. The molecule has 1 unspecified atom stereocenters. The molecule has 0 fully saturated rings. The topological polar surface area (TPSA) is 12.0 Å². The van der Waals surface area contributed by atoms with E-state index < -0.39 is 0 Å². The lowest BCUT2D eigenvalue weighted by Crippen LogP contribution is -2.25. The molecule has 0 bridgehead atoms. The molecule has 1 atom stereocenters. The Morgan fingerprint density at radius 1 is 1.53 bits per heavy atom. The molecular formula is C13H14ClN. The third kappa shape index (κ3) is 2.17. The van der Waals surface area contributed by atoms with Crippen LogP contribution in [0.3, 0.4) is 0 Å². The van der Waals surface area contributed by atoms with Crippen LogP contribution in [0.15, 0.2) is 18.2 Å². The first-order valence-electron chi connectivity index (χ1n) is 5.27. The van der Waals surface area contributed by atoms with Crippen LogP contribution in [-0.4, -0.2) is 6.54 Å². The van der Waals surface area contributed by atoms with E-state index in [9.17, 15) is 0 Å². The summed E-state index contributed by atoms with van der Waals surface area (Å²) in [7, 11) is 0. The molecule has 0 radical (unpaired) electrons. The maximum absolute atomic E-state index is 6.17. The average molecular weight is 220 g/mol. The van der Waals surface area contributed by atoms with Crippen LogP contribution in [0.5, 0.6) is 0 Å². The zero-order valence-corrected chi connectivity index (χ0v) is 9.35. The molecule has 2 rings (SSSR count). The summed E-state index contributed by atoms with van der Waals surface area (Å²) in [6.45, 7) is 0.622. The molecule has 0 heterocycles. The van der Waals surface area contributed by atoms with Gasteiger partial charge >= 0.3 is 0 Å². The number of halogens is 1. The normalized spacial score (nSPS) is 19.3. The van der Waals surface area contributed by atoms with Crippen LogP contribution in [0.25, 0.3) is 0 Å². The molecule has 1 aliphatic carbocycles. The van der Waals surface area contributed by atoms with E-state index in [0.717, 1.165) is 17.9 Å². The number of fused-ring (bicyclic) bond motifs is 1. The van der Waals surface area contributed by atoms with Crippen molar-refractivity contribution in [3.05, 3.63) is 34.3 Å². The SMILES string of the molecule is C#CCNC1CCCc2c(Cl)cccc21. The van der Waals surface area contributed by atoms with E-state index in [1.54, 1.807) is 0 Å². The molecule has 78 valence electrons. The fraction of sp³-hybridized carbons (Fsp3) is 0.385. The molecule has 2 heteroatoms. The summed E-state index contributed by atoms with van der Waals surface area (Å²) in [4.78, 5) is 0. The molecule has 15 heavy (non-hydrogen) atoms.